The molecule has 180 valence electrons. The first-order chi connectivity index (χ1) is 16.2. The quantitative estimate of drug-likeness (QED) is 0.394. The number of urea groups is 1. The van der Waals surface area contributed by atoms with Crippen molar-refractivity contribution in [1.29, 1.82) is 0 Å². The highest BCUT2D eigenvalue weighted by Crippen LogP contribution is 2.20. The third-order valence-electron chi connectivity index (χ3n) is 5.37. The zero-order valence-electron chi connectivity index (χ0n) is 20.2. The molecule has 1 N–H and O–H groups in total. The first-order valence-corrected chi connectivity index (χ1v) is 12.2. The van der Waals surface area contributed by atoms with Crippen molar-refractivity contribution < 1.29 is 14.0 Å². The van der Waals surface area contributed by atoms with Crippen LogP contribution in [-0.4, -0.2) is 34.8 Å². The number of aryl methyl sites for hydroxylation is 2. The standard InChI is InChI=1S/C27H32FN3O2S/c1-19(2)15-31(27(33)29-25-8-6-5-7-20(25)3)18-26(32)30(17-24-14-9-21(4)34-24)16-22-10-12-23(28)13-11-22/h5-14,19H,15-18H2,1-4H3,(H,29,33). The van der Waals surface area contributed by atoms with Crippen molar-refractivity contribution in [2.75, 3.05) is 18.4 Å². The van der Waals surface area contributed by atoms with Gasteiger partial charge in [-0.25, -0.2) is 9.18 Å². The van der Waals surface area contributed by atoms with Crippen molar-refractivity contribution in [2.24, 2.45) is 5.92 Å². The number of para-hydroxylation sites is 1. The van der Waals surface area contributed by atoms with E-state index in [9.17, 15) is 14.0 Å². The second kappa shape index (κ2) is 11.8. The van der Waals surface area contributed by atoms with Gasteiger partial charge in [0, 0.05) is 28.5 Å². The van der Waals surface area contributed by atoms with Crippen LogP contribution in [0.15, 0.2) is 60.7 Å². The fourth-order valence-electron chi connectivity index (χ4n) is 3.63. The Labute approximate surface area is 205 Å². The lowest BCUT2D eigenvalue weighted by atomic mass is 10.2. The Morgan fingerprint density at radius 1 is 0.941 bits per heavy atom. The number of halogens is 1. The van der Waals surface area contributed by atoms with E-state index in [0.29, 0.717) is 19.6 Å². The number of nitrogens with zero attached hydrogens (tertiary/aromatic N) is 2. The van der Waals surface area contributed by atoms with Crippen LogP contribution < -0.4 is 5.32 Å². The van der Waals surface area contributed by atoms with Crippen molar-refractivity contribution in [1.82, 2.24) is 9.80 Å². The number of amides is 3. The molecular weight excluding hydrogens is 449 g/mol. The summed E-state index contributed by atoms with van der Waals surface area (Å²) in [5, 5.41) is 2.95. The fourth-order valence-corrected chi connectivity index (χ4v) is 4.54. The minimum Gasteiger partial charge on any atom is -0.332 e. The Balaban J connectivity index is 1.78. The Bertz CT molecular complexity index is 1110. The number of carbonyl (C=O) groups excluding carboxylic acids is 2. The molecule has 0 aliphatic carbocycles. The number of hydrogen-bond donors (Lipinski definition) is 1. The molecule has 0 fully saturated rings. The van der Waals surface area contributed by atoms with E-state index in [1.165, 1.54) is 17.0 Å². The van der Waals surface area contributed by atoms with Crippen LogP contribution in [0.4, 0.5) is 14.9 Å². The van der Waals surface area contributed by atoms with E-state index in [2.05, 4.69) is 5.32 Å². The number of carbonyl (C=O) groups is 2. The van der Waals surface area contributed by atoms with Crippen LogP contribution in [-0.2, 0) is 17.9 Å². The van der Waals surface area contributed by atoms with Crippen molar-refractivity contribution in [3.05, 3.63) is 87.4 Å². The number of rotatable bonds is 9. The molecule has 3 rings (SSSR count). The summed E-state index contributed by atoms with van der Waals surface area (Å²) in [7, 11) is 0. The highest BCUT2D eigenvalue weighted by Gasteiger charge is 2.23. The van der Waals surface area contributed by atoms with Gasteiger partial charge in [-0.2, -0.15) is 0 Å². The summed E-state index contributed by atoms with van der Waals surface area (Å²) in [6, 6.07) is 17.5. The highest BCUT2D eigenvalue weighted by molar-refractivity contribution is 7.11. The van der Waals surface area contributed by atoms with E-state index < -0.39 is 0 Å². The zero-order chi connectivity index (χ0) is 24.7. The van der Waals surface area contributed by atoms with E-state index in [-0.39, 0.29) is 30.2 Å². The van der Waals surface area contributed by atoms with Gasteiger partial charge in [0.05, 0.1) is 6.54 Å². The summed E-state index contributed by atoms with van der Waals surface area (Å²) in [6.45, 7) is 9.18. The van der Waals surface area contributed by atoms with E-state index in [4.69, 9.17) is 0 Å². The largest absolute Gasteiger partial charge is 0.332 e. The van der Waals surface area contributed by atoms with Crippen molar-refractivity contribution in [3.8, 4) is 0 Å². The Hall–Kier alpha value is -3.19. The molecule has 0 saturated heterocycles. The molecule has 1 heterocycles. The van der Waals surface area contributed by atoms with Gasteiger partial charge >= 0.3 is 6.03 Å². The molecule has 0 aliphatic heterocycles. The molecule has 0 radical (unpaired) electrons. The Morgan fingerprint density at radius 2 is 1.65 bits per heavy atom. The highest BCUT2D eigenvalue weighted by atomic mass is 32.1. The average molecular weight is 482 g/mol. The number of nitrogens with one attached hydrogen (secondary N) is 1. The predicted octanol–water partition coefficient (Wildman–Crippen LogP) is 6.22. The SMILES string of the molecule is Cc1ccc(CN(Cc2ccc(F)cc2)C(=O)CN(CC(C)C)C(=O)Nc2ccccc2C)s1. The molecule has 0 saturated carbocycles. The van der Waals surface area contributed by atoms with Crippen LogP contribution in [0, 0.1) is 25.6 Å². The monoisotopic (exact) mass is 481 g/mol. The zero-order valence-corrected chi connectivity index (χ0v) is 21.0. The van der Waals surface area contributed by atoms with Crippen molar-refractivity contribution in [3.63, 3.8) is 0 Å². The van der Waals surface area contributed by atoms with Gasteiger partial charge in [0.1, 0.15) is 12.4 Å². The molecular formula is C27H32FN3O2S. The molecule has 0 unspecified atom stereocenters. The van der Waals surface area contributed by atoms with Gasteiger partial charge in [-0.1, -0.05) is 44.2 Å². The Morgan fingerprint density at radius 3 is 2.26 bits per heavy atom. The molecule has 34 heavy (non-hydrogen) atoms. The molecule has 3 amide bonds. The smallest absolute Gasteiger partial charge is 0.322 e. The summed E-state index contributed by atoms with van der Waals surface area (Å²) < 4.78 is 13.4. The van der Waals surface area contributed by atoms with Crippen LogP contribution in [0.2, 0.25) is 0 Å². The maximum absolute atomic E-state index is 13.5. The first kappa shape index (κ1) is 25.4. The summed E-state index contributed by atoms with van der Waals surface area (Å²) in [5.41, 5.74) is 2.52. The van der Waals surface area contributed by atoms with Gasteiger partial charge < -0.3 is 15.1 Å². The number of anilines is 1. The van der Waals surface area contributed by atoms with Gasteiger partial charge in [0.2, 0.25) is 5.91 Å². The molecule has 0 bridgehead atoms. The molecule has 7 heteroatoms. The first-order valence-electron chi connectivity index (χ1n) is 11.4. The Kier molecular flexibility index (Phi) is 8.82. The third-order valence-corrected chi connectivity index (χ3v) is 6.35. The van der Waals surface area contributed by atoms with Gasteiger partial charge in [0.15, 0.2) is 0 Å². The lowest BCUT2D eigenvalue weighted by Crippen LogP contribution is -2.45. The van der Waals surface area contributed by atoms with Crippen molar-refractivity contribution >= 4 is 29.0 Å². The maximum atomic E-state index is 13.5. The second-order valence-corrected chi connectivity index (χ2v) is 10.3. The maximum Gasteiger partial charge on any atom is 0.322 e. The minimum absolute atomic E-state index is 0.0402. The molecule has 0 aliphatic rings. The number of benzene rings is 2. The average Bonchev–Trinajstić information content (AvgIpc) is 3.20. The van der Waals surface area contributed by atoms with Gasteiger partial charge in [-0.05, 0) is 61.2 Å². The van der Waals surface area contributed by atoms with Crippen molar-refractivity contribution in [2.45, 2.75) is 40.8 Å². The van der Waals surface area contributed by atoms with E-state index in [0.717, 1.165) is 21.7 Å². The fraction of sp³-hybridized carbons (Fsp3) is 0.333. The molecule has 0 spiro atoms. The molecule has 2 aromatic carbocycles. The van der Waals surface area contributed by atoms with E-state index in [1.807, 2.05) is 64.1 Å². The molecule has 1 aromatic heterocycles. The summed E-state index contributed by atoms with van der Waals surface area (Å²) in [4.78, 5) is 32.1. The third kappa shape index (κ3) is 7.42. The topological polar surface area (TPSA) is 52.7 Å². The molecule has 5 nitrogen and oxygen atoms in total. The minimum atomic E-state index is -0.313. The summed E-state index contributed by atoms with van der Waals surface area (Å²) >= 11 is 1.64. The van der Waals surface area contributed by atoms with Crippen LogP contribution in [0.25, 0.3) is 0 Å². The summed E-state index contributed by atoms with van der Waals surface area (Å²) in [6.07, 6.45) is 0. The van der Waals surface area contributed by atoms with Gasteiger partial charge in [-0.15, -0.1) is 11.3 Å². The molecule has 0 atom stereocenters. The summed E-state index contributed by atoms with van der Waals surface area (Å²) in [5.74, 6) is -0.275. The number of hydrogen-bond acceptors (Lipinski definition) is 3. The lowest BCUT2D eigenvalue weighted by Gasteiger charge is -2.29. The predicted molar refractivity (Wildman–Crippen MR) is 136 cm³/mol. The second-order valence-electron chi connectivity index (χ2n) is 8.91. The van der Waals surface area contributed by atoms with Crippen LogP contribution in [0.5, 0.6) is 0 Å². The van der Waals surface area contributed by atoms with E-state index in [1.54, 1.807) is 33.3 Å². The van der Waals surface area contributed by atoms with Crippen LogP contribution >= 0.6 is 11.3 Å². The van der Waals surface area contributed by atoms with Gasteiger partial charge in [0.25, 0.3) is 0 Å². The van der Waals surface area contributed by atoms with E-state index >= 15 is 0 Å². The normalized spacial score (nSPS) is 10.9. The van der Waals surface area contributed by atoms with Crippen LogP contribution in [0.1, 0.15) is 34.7 Å². The van der Waals surface area contributed by atoms with Gasteiger partial charge in [-0.3, -0.25) is 4.79 Å². The number of thiophene rings is 1. The lowest BCUT2D eigenvalue weighted by molar-refractivity contribution is -0.133. The van der Waals surface area contributed by atoms with Crippen LogP contribution in [0.3, 0.4) is 0 Å². The molecule has 3 aromatic rings.